The van der Waals surface area contributed by atoms with Gasteiger partial charge in [0.2, 0.25) is 0 Å². The molecule has 0 atom stereocenters. The number of hydrogen-bond donors (Lipinski definition) is 0. The van der Waals surface area contributed by atoms with Crippen LogP contribution in [0, 0.1) is 0 Å². The molecule has 0 aliphatic rings. The molecule has 0 N–H and O–H groups in total. The number of benzene rings is 8. The molecule has 8 rings (SSSR count). The second kappa shape index (κ2) is 17.8. The molecule has 8 aromatic rings. The molecule has 0 saturated heterocycles. The Bertz CT molecular complexity index is 2460. The van der Waals surface area contributed by atoms with Gasteiger partial charge in [0.1, 0.15) is 0 Å². The maximum atomic E-state index is 12.5. The summed E-state index contributed by atoms with van der Waals surface area (Å²) >= 11 is -24.1. The van der Waals surface area contributed by atoms with Crippen LogP contribution in [0.2, 0.25) is 0 Å². The van der Waals surface area contributed by atoms with Crippen molar-refractivity contribution in [2.24, 2.45) is 0 Å². The Balaban J connectivity index is 0.000000181. The van der Waals surface area contributed by atoms with Gasteiger partial charge in [-0.25, -0.2) is 0 Å². The predicted molar refractivity (Wildman–Crippen MR) is 226 cm³/mol. The normalized spacial score (nSPS) is 13.3. The van der Waals surface area contributed by atoms with Crippen LogP contribution in [0.25, 0.3) is 0 Å². The van der Waals surface area contributed by atoms with E-state index in [0.29, 0.717) is 0 Å². The second-order valence-corrected chi connectivity index (χ2v) is 50.1. The Morgan fingerprint density at radius 2 is 0.333 bits per heavy atom. The van der Waals surface area contributed by atoms with Crippen molar-refractivity contribution in [3.05, 3.63) is 243 Å². The first-order chi connectivity index (χ1) is 28.9. The molecule has 304 valence electrons. The van der Waals surface area contributed by atoms with Gasteiger partial charge < -0.3 is 0 Å². The molecule has 8 aromatic carbocycles. The summed E-state index contributed by atoms with van der Waals surface area (Å²) in [5.74, 6) is 0. The molecule has 0 aliphatic carbocycles. The molecular formula is C48H40O8Re2Sb2. The van der Waals surface area contributed by atoms with E-state index in [1.54, 1.807) is 0 Å². The van der Waals surface area contributed by atoms with Gasteiger partial charge in [-0.1, -0.05) is 0 Å². The van der Waals surface area contributed by atoms with Crippen molar-refractivity contribution < 1.29 is 55.9 Å². The Morgan fingerprint density at radius 3 is 0.433 bits per heavy atom. The van der Waals surface area contributed by atoms with Crippen LogP contribution in [0.3, 0.4) is 0 Å². The molecule has 12 heteroatoms. The molecular weight excluding hydrogens is 1320 g/mol. The molecule has 60 heavy (non-hydrogen) atoms. The van der Waals surface area contributed by atoms with Crippen molar-refractivity contribution in [1.29, 1.82) is 0 Å². The Kier molecular flexibility index (Phi) is 12.9. The average molecular weight is 1360 g/mol. The quantitative estimate of drug-likeness (QED) is 0.152. The summed E-state index contributed by atoms with van der Waals surface area (Å²) < 4.78 is 93.3. The first-order valence-corrected chi connectivity index (χ1v) is 39.8. The van der Waals surface area contributed by atoms with E-state index in [2.05, 4.69) is 0 Å². The van der Waals surface area contributed by atoms with Gasteiger partial charge in [-0.3, -0.25) is 0 Å². The van der Waals surface area contributed by atoms with Gasteiger partial charge in [0, 0.05) is 0 Å². The molecule has 0 aromatic heterocycles. The molecule has 0 bridgehead atoms. The van der Waals surface area contributed by atoms with Crippen LogP contribution >= 0.6 is 0 Å². The van der Waals surface area contributed by atoms with Crippen molar-refractivity contribution in [2.45, 2.75) is 0 Å². The first kappa shape index (κ1) is 43.5. The van der Waals surface area contributed by atoms with Crippen LogP contribution in [0.1, 0.15) is 0 Å². The second-order valence-electron chi connectivity index (χ2n) is 13.7. The van der Waals surface area contributed by atoms with Gasteiger partial charge in [-0.2, -0.15) is 0 Å². The van der Waals surface area contributed by atoms with Crippen LogP contribution in [-0.2, 0) is 55.9 Å². The summed E-state index contributed by atoms with van der Waals surface area (Å²) in [6, 6.07) is 74.7. The molecule has 0 saturated carbocycles. The Labute approximate surface area is 358 Å². The van der Waals surface area contributed by atoms with E-state index in [1.807, 2.05) is 243 Å². The van der Waals surface area contributed by atoms with E-state index in [4.69, 9.17) is 3.48 Å². The van der Waals surface area contributed by atoms with Gasteiger partial charge in [0.05, 0.1) is 0 Å². The third-order valence-electron chi connectivity index (χ3n) is 10.4. The molecule has 8 nitrogen and oxygen atoms in total. The van der Waals surface area contributed by atoms with Crippen molar-refractivity contribution in [3.8, 4) is 0 Å². The van der Waals surface area contributed by atoms with Gasteiger partial charge in [-0.15, -0.1) is 0 Å². The summed E-state index contributed by atoms with van der Waals surface area (Å²) in [5.41, 5.74) is 0. The standard InChI is InChI=1S/8C6H5.8O.2Re.2Sb/c8*1-2-4-6-5-3-1;;;;;;;;;;;;/h8*1-5H;;;;;;;;;;;;. The first-order valence-electron chi connectivity index (χ1n) is 18.7. The van der Waals surface area contributed by atoms with Crippen molar-refractivity contribution in [3.63, 3.8) is 0 Å². The summed E-state index contributed by atoms with van der Waals surface area (Å²) in [7, 11) is 0. The van der Waals surface area contributed by atoms with E-state index in [1.165, 1.54) is 0 Å². The molecule has 0 unspecified atom stereocenters. The molecule has 0 fully saturated rings. The Morgan fingerprint density at radius 1 is 0.217 bits per heavy atom. The third-order valence-corrected chi connectivity index (χ3v) is 63.7. The fourth-order valence-corrected chi connectivity index (χ4v) is 70.7. The molecule has 0 radical (unpaired) electrons. The van der Waals surface area contributed by atoms with E-state index >= 15 is 0 Å². The minimum absolute atomic E-state index is 0.732. The van der Waals surface area contributed by atoms with Gasteiger partial charge in [0.25, 0.3) is 0 Å². The third kappa shape index (κ3) is 7.78. The van der Waals surface area contributed by atoms with Crippen LogP contribution in [0.4, 0.5) is 0 Å². The van der Waals surface area contributed by atoms with Gasteiger partial charge in [0.15, 0.2) is 0 Å². The molecule has 0 aliphatic heterocycles. The van der Waals surface area contributed by atoms with Crippen LogP contribution < -0.4 is 28.1 Å². The van der Waals surface area contributed by atoms with E-state index < -0.39 is 67.2 Å². The SMILES string of the molecule is [O]=[Re](=[O])(=[O])[O][Sb]([c]1ccccc1)([c]1ccccc1)([c]1ccccc1)[c]1ccccc1.[O]=[Re](=[O])(=[O])[O][Sb]([c]1ccccc1)([c]1ccccc1)([c]1ccccc1)[c]1ccccc1. The molecule has 0 heterocycles. The molecule has 0 amide bonds. The van der Waals surface area contributed by atoms with Gasteiger partial charge in [-0.05, 0) is 0 Å². The summed E-state index contributed by atoms with van der Waals surface area (Å²) in [6.07, 6.45) is 0. The van der Waals surface area contributed by atoms with Crippen molar-refractivity contribution >= 4 is 63.7 Å². The number of hydrogen-bond acceptors (Lipinski definition) is 8. The van der Waals surface area contributed by atoms with E-state index in [-0.39, 0.29) is 0 Å². The monoisotopic (exact) mass is 1360 g/mol. The number of rotatable bonds is 12. The predicted octanol–water partition coefficient (Wildman–Crippen LogP) is 5.27. The topological polar surface area (TPSA) is 121 Å². The maximum absolute atomic E-state index is 12.5. The Hall–Kier alpha value is -4.56. The minimum atomic E-state index is -6.50. The van der Waals surface area contributed by atoms with Crippen molar-refractivity contribution in [1.82, 2.24) is 0 Å². The fourth-order valence-electron chi connectivity index (χ4n) is 8.15. The van der Waals surface area contributed by atoms with E-state index in [9.17, 15) is 20.8 Å². The summed E-state index contributed by atoms with van der Waals surface area (Å²) in [5, 5.41) is 0. The summed E-state index contributed by atoms with van der Waals surface area (Å²) in [4.78, 5) is 0. The van der Waals surface area contributed by atoms with E-state index in [0.717, 1.165) is 28.1 Å². The average Bonchev–Trinajstić information content (AvgIpc) is 3.29. The zero-order valence-corrected chi connectivity index (χ0v) is 42.5. The van der Waals surface area contributed by atoms with Crippen LogP contribution in [0.5, 0.6) is 0 Å². The van der Waals surface area contributed by atoms with Crippen molar-refractivity contribution in [2.75, 3.05) is 0 Å². The molecule has 0 spiro atoms. The van der Waals surface area contributed by atoms with Crippen LogP contribution in [0.15, 0.2) is 243 Å². The zero-order chi connectivity index (χ0) is 42.2. The summed E-state index contributed by atoms with van der Waals surface area (Å²) in [6.45, 7) is 0. The zero-order valence-electron chi connectivity index (χ0n) is 32.0. The fraction of sp³-hybridized carbons (Fsp3) is 0. The van der Waals surface area contributed by atoms with Gasteiger partial charge >= 0.3 is 362 Å². The van der Waals surface area contributed by atoms with Crippen LogP contribution in [-0.4, -0.2) is 35.6 Å².